The molecule has 7 heteroatoms. The maximum atomic E-state index is 12.2. The second kappa shape index (κ2) is 9.50. The number of benzene rings is 1. The smallest absolute Gasteiger partial charge is 0.237 e. The Kier molecular flexibility index (Phi) is 6.56. The molecule has 1 aliphatic heterocycles. The molecule has 1 atom stereocenters. The third-order valence-corrected chi connectivity index (χ3v) is 4.64. The standard InChI is InChI=1S/C21H22N6O/c22-13-16-4-1-5-17(12-16)19-7-2-8-20(26-19)25-10-9-24-15-21(28)27-11-3-6-18(27)14-23/h1-2,4-5,7-8,12,18,24H,3,6,9-11,15H2,(H,25,26)/t18-/m0/s1. The minimum absolute atomic E-state index is 0.0263. The van der Waals surface area contributed by atoms with E-state index in [9.17, 15) is 4.79 Å². The van der Waals surface area contributed by atoms with E-state index in [1.165, 1.54) is 0 Å². The number of nitrogens with zero attached hydrogens (tertiary/aromatic N) is 4. The lowest BCUT2D eigenvalue weighted by atomic mass is 10.1. The molecule has 28 heavy (non-hydrogen) atoms. The Bertz CT molecular complexity index is 914. The Morgan fingerprint density at radius 2 is 2.07 bits per heavy atom. The van der Waals surface area contributed by atoms with Gasteiger partial charge in [0.05, 0.1) is 29.9 Å². The molecule has 1 fully saturated rings. The van der Waals surface area contributed by atoms with E-state index in [2.05, 4.69) is 27.8 Å². The number of carbonyl (C=O) groups excluding carboxylic acids is 1. The quantitative estimate of drug-likeness (QED) is 0.720. The van der Waals surface area contributed by atoms with E-state index >= 15 is 0 Å². The first-order chi connectivity index (χ1) is 13.7. The number of likely N-dealkylation sites (tertiary alicyclic amines) is 1. The van der Waals surface area contributed by atoms with Crippen molar-refractivity contribution in [3.63, 3.8) is 0 Å². The summed E-state index contributed by atoms with van der Waals surface area (Å²) in [5.74, 6) is 0.707. The summed E-state index contributed by atoms with van der Waals surface area (Å²) in [7, 11) is 0. The minimum atomic E-state index is -0.279. The number of hydrogen-bond acceptors (Lipinski definition) is 6. The van der Waals surface area contributed by atoms with Gasteiger partial charge in [0.15, 0.2) is 0 Å². The van der Waals surface area contributed by atoms with Crippen molar-refractivity contribution >= 4 is 11.7 Å². The van der Waals surface area contributed by atoms with Crippen LogP contribution in [-0.2, 0) is 4.79 Å². The Morgan fingerprint density at radius 3 is 2.89 bits per heavy atom. The van der Waals surface area contributed by atoms with E-state index in [1.807, 2.05) is 36.4 Å². The van der Waals surface area contributed by atoms with Crippen molar-refractivity contribution in [1.82, 2.24) is 15.2 Å². The summed E-state index contributed by atoms with van der Waals surface area (Å²) in [6.07, 6.45) is 1.66. The Morgan fingerprint density at radius 1 is 1.21 bits per heavy atom. The van der Waals surface area contributed by atoms with Gasteiger partial charge in [-0.2, -0.15) is 10.5 Å². The monoisotopic (exact) mass is 374 g/mol. The van der Waals surface area contributed by atoms with Crippen LogP contribution in [0.2, 0.25) is 0 Å². The van der Waals surface area contributed by atoms with Crippen LogP contribution in [0, 0.1) is 22.7 Å². The lowest BCUT2D eigenvalue weighted by Gasteiger charge is -2.19. The molecule has 2 heterocycles. The molecule has 2 N–H and O–H groups in total. The number of anilines is 1. The van der Waals surface area contributed by atoms with Gasteiger partial charge in [0.1, 0.15) is 11.9 Å². The van der Waals surface area contributed by atoms with Gasteiger partial charge in [-0.15, -0.1) is 0 Å². The average Bonchev–Trinajstić information content (AvgIpc) is 3.22. The van der Waals surface area contributed by atoms with E-state index in [-0.39, 0.29) is 18.5 Å². The van der Waals surface area contributed by atoms with Crippen molar-refractivity contribution in [2.24, 2.45) is 0 Å². The van der Waals surface area contributed by atoms with Crippen LogP contribution in [0.3, 0.4) is 0 Å². The normalized spacial score (nSPS) is 15.6. The molecular weight excluding hydrogens is 352 g/mol. The molecule has 3 rings (SSSR count). The Labute approximate surface area is 164 Å². The fourth-order valence-electron chi connectivity index (χ4n) is 3.22. The average molecular weight is 374 g/mol. The number of rotatable bonds is 7. The van der Waals surface area contributed by atoms with Crippen LogP contribution in [0.5, 0.6) is 0 Å². The predicted octanol–water partition coefficient (Wildman–Crippen LogP) is 2.14. The molecular formula is C21H22N6O. The molecule has 0 bridgehead atoms. The minimum Gasteiger partial charge on any atom is -0.369 e. The number of aromatic nitrogens is 1. The van der Waals surface area contributed by atoms with Crippen molar-refractivity contribution in [2.75, 3.05) is 31.5 Å². The molecule has 0 saturated carbocycles. The Hall–Kier alpha value is -3.42. The van der Waals surface area contributed by atoms with Gasteiger partial charge in [-0.25, -0.2) is 4.98 Å². The molecule has 1 amide bonds. The highest BCUT2D eigenvalue weighted by Gasteiger charge is 2.27. The Balaban J connectivity index is 1.46. The van der Waals surface area contributed by atoms with Gasteiger partial charge in [0.25, 0.3) is 0 Å². The van der Waals surface area contributed by atoms with Gasteiger partial charge in [0, 0.05) is 25.2 Å². The van der Waals surface area contributed by atoms with Gasteiger partial charge < -0.3 is 15.5 Å². The maximum absolute atomic E-state index is 12.2. The third kappa shape index (κ3) is 4.85. The zero-order valence-corrected chi connectivity index (χ0v) is 15.6. The molecule has 2 aromatic rings. The molecule has 7 nitrogen and oxygen atoms in total. The summed E-state index contributed by atoms with van der Waals surface area (Å²) in [4.78, 5) is 18.4. The van der Waals surface area contributed by atoms with Crippen molar-refractivity contribution in [3.8, 4) is 23.4 Å². The van der Waals surface area contributed by atoms with Crippen LogP contribution in [0.1, 0.15) is 18.4 Å². The summed E-state index contributed by atoms with van der Waals surface area (Å²) >= 11 is 0. The van der Waals surface area contributed by atoms with Crippen LogP contribution in [-0.4, -0.2) is 48.0 Å². The second-order valence-electron chi connectivity index (χ2n) is 6.58. The summed E-state index contributed by atoms with van der Waals surface area (Å²) in [5, 5.41) is 24.4. The molecule has 0 aliphatic carbocycles. The van der Waals surface area contributed by atoms with E-state index < -0.39 is 0 Å². The number of hydrogen-bond donors (Lipinski definition) is 2. The van der Waals surface area contributed by atoms with Crippen molar-refractivity contribution in [2.45, 2.75) is 18.9 Å². The largest absolute Gasteiger partial charge is 0.369 e. The SMILES string of the molecule is N#Cc1cccc(-c2cccc(NCCNCC(=O)N3CCC[C@H]3C#N)n2)c1. The summed E-state index contributed by atoms with van der Waals surface area (Å²) in [6, 6.07) is 17.1. The highest BCUT2D eigenvalue weighted by Crippen LogP contribution is 2.20. The van der Waals surface area contributed by atoms with Crippen LogP contribution in [0.15, 0.2) is 42.5 Å². The maximum Gasteiger partial charge on any atom is 0.237 e. The fourth-order valence-corrected chi connectivity index (χ4v) is 3.22. The topological polar surface area (TPSA) is 105 Å². The molecule has 1 aliphatic rings. The zero-order valence-electron chi connectivity index (χ0n) is 15.6. The van der Waals surface area contributed by atoms with E-state index in [0.717, 1.165) is 29.9 Å². The fraction of sp³-hybridized carbons (Fsp3) is 0.333. The molecule has 142 valence electrons. The van der Waals surface area contributed by atoms with E-state index in [4.69, 9.17) is 10.5 Å². The van der Waals surface area contributed by atoms with Crippen molar-refractivity contribution in [3.05, 3.63) is 48.0 Å². The zero-order chi connectivity index (χ0) is 19.8. The summed E-state index contributed by atoms with van der Waals surface area (Å²) in [6.45, 7) is 2.12. The number of pyridine rings is 1. The van der Waals surface area contributed by atoms with Gasteiger partial charge in [0.2, 0.25) is 5.91 Å². The van der Waals surface area contributed by atoms with Gasteiger partial charge in [-0.05, 0) is 37.1 Å². The highest BCUT2D eigenvalue weighted by atomic mass is 16.2. The van der Waals surface area contributed by atoms with Gasteiger partial charge in [-0.1, -0.05) is 18.2 Å². The first-order valence-corrected chi connectivity index (χ1v) is 9.32. The number of carbonyl (C=O) groups is 1. The van der Waals surface area contributed by atoms with Crippen LogP contribution < -0.4 is 10.6 Å². The van der Waals surface area contributed by atoms with Crippen LogP contribution >= 0.6 is 0 Å². The van der Waals surface area contributed by atoms with Crippen LogP contribution in [0.25, 0.3) is 11.3 Å². The first kappa shape index (κ1) is 19.3. The summed E-state index contributed by atoms with van der Waals surface area (Å²) in [5.41, 5.74) is 2.29. The predicted molar refractivity (Wildman–Crippen MR) is 106 cm³/mol. The highest BCUT2D eigenvalue weighted by molar-refractivity contribution is 5.79. The third-order valence-electron chi connectivity index (χ3n) is 4.64. The number of amides is 1. The van der Waals surface area contributed by atoms with Gasteiger partial charge in [-0.3, -0.25) is 4.79 Å². The van der Waals surface area contributed by atoms with Crippen molar-refractivity contribution < 1.29 is 4.79 Å². The lowest BCUT2D eigenvalue weighted by Crippen LogP contribution is -2.41. The lowest BCUT2D eigenvalue weighted by molar-refractivity contribution is -0.130. The second-order valence-corrected chi connectivity index (χ2v) is 6.58. The van der Waals surface area contributed by atoms with Crippen molar-refractivity contribution in [1.29, 1.82) is 10.5 Å². The molecule has 0 radical (unpaired) electrons. The molecule has 1 aromatic heterocycles. The van der Waals surface area contributed by atoms with E-state index in [0.29, 0.717) is 25.2 Å². The van der Waals surface area contributed by atoms with E-state index in [1.54, 1.807) is 11.0 Å². The molecule has 1 saturated heterocycles. The first-order valence-electron chi connectivity index (χ1n) is 9.32. The number of nitriles is 2. The molecule has 1 aromatic carbocycles. The molecule has 0 spiro atoms. The van der Waals surface area contributed by atoms with Gasteiger partial charge >= 0.3 is 0 Å². The summed E-state index contributed by atoms with van der Waals surface area (Å²) < 4.78 is 0. The number of nitrogens with one attached hydrogen (secondary N) is 2. The molecule has 0 unspecified atom stereocenters. The van der Waals surface area contributed by atoms with Crippen LogP contribution in [0.4, 0.5) is 5.82 Å².